The molecule has 1 N–H and O–H groups in total. The van der Waals surface area contributed by atoms with Crippen LogP contribution in [0.1, 0.15) is 18.7 Å². The maximum atomic E-state index is 14.9. The summed E-state index contributed by atoms with van der Waals surface area (Å²) in [4.78, 5) is 16.0. The second kappa shape index (κ2) is 7.45. The molecule has 1 aliphatic rings. The molecular weight excluding hydrogens is 350 g/mol. The number of aromatic nitrogens is 3. The number of nitrogens with one attached hydrogen (secondary N) is 1. The van der Waals surface area contributed by atoms with E-state index in [1.165, 1.54) is 12.1 Å². The maximum Gasteiger partial charge on any atom is 0.226 e. The summed E-state index contributed by atoms with van der Waals surface area (Å²) >= 11 is 5.99. The van der Waals surface area contributed by atoms with Gasteiger partial charge >= 0.3 is 0 Å². The Labute approximate surface area is 149 Å². The van der Waals surface area contributed by atoms with Gasteiger partial charge in [-0.2, -0.15) is 14.4 Å². The lowest BCUT2D eigenvalue weighted by atomic mass is 10.2. The smallest absolute Gasteiger partial charge is 0.226 e. The predicted octanol–water partition coefficient (Wildman–Crippen LogP) is 2.73. The van der Waals surface area contributed by atoms with E-state index < -0.39 is 11.6 Å². The Bertz CT molecular complexity index is 734. The molecule has 0 aromatic carbocycles. The van der Waals surface area contributed by atoms with Gasteiger partial charge in [0.2, 0.25) is 11.1 Å². The van der Waals surface area contributed by atoms with Crippen LogP contribution in [0, 0.1) is 11.6 Å². The van der Waals surface area contributed by atoms with Crippen molar-refractivity contribution in [3.05, 3.63) is 40.9 Å². The number of halogens is 3. The molecule has 0 amide bonds. The van der Waals surface area contributed by atoms with E-state index in [-0.39, 0.29) is 23.0 Å². The molecule has 1 atom stereocenters. The summed E-state index contributed by atoms with van der Waals surface area (Å²) in [6.45, 7) is 4.75. The minimum absolute atomic E-state index is 0.00699. The molecular formula is C16H19ClF2N6. The first-order valence-corrected chi connectivity index (χ1v) is 8.36. The van der Waals surface area contributed by atoms with Crippen LogP contribution in [-0.4, -0.2) is 53.1 Å². The largest absolute Gasteiger partial charge is 0.359 e. The molecule has 0 saturated carbocycles. The molecule has 0 spiro atoms. The van der Waals surface area contributed by atoms with Crippen LogP contribution in [0.3, 0.4) is 0 Å². The van der Waals surface area contributed by atoms with Gasteiger partial charge < -0.3 is 15.1 Å². The van der Waals surface area contributed by atoms with Crippen molar-refractivity contribution in [1.82, 2.24) is 19.9 Å². The van der Waals surface area contributed by atoms with E-state index in [4.69, 9.17) is 11.6 Å². The lowest BCUT2D eigenvalue weighted by Gasteiger charge is -2.33. The molecule has 0 aliphatic carbocycles. The van der Waals surface area contributed by atoms with Crippen molar-refractivity contribution in [2.45, 2.75) is 13.0 Å². The Morgan fingerprint density at radius 1 is 1.16 bits per heavy atom. The number of nitrogens with zero attached hydrogens (tertiary/aromatic N) is 5. The predicted molar refractivity (Wildman–Crippen MR) is 92.9 cm³/mol. The lowest BCUT2D eigenvalue weighted by Crippen LogP contribution is -2.45. The van der Waals surface area contributed by atoms with Gasteiger partial charge in [-0.15, -0.1) is 0 Å². The van der Waals surface area contributed by atoms with E-state index in [1.807, 2.05) is 11.9 Å². The van der Waals surface area contributed by atoms with E-state index in [9.17, 15) is 8.78 Å². The van der Waals surface area contributed by atoms with Crippen LogP contribution in [0.25, 0.3) is 0 Å². The Hall–Kier alpha value is -2.06. The highest BCUT2D eigenvalue weighted by molar-refractivity contribution is 6.28. The van der Waals surface area contributed by atoms with Crippen LogP contribution >= 0.6 is 11.6 Å². The first kappa shape index (κ1) is 17.8. The SMILES string of the molecule is C[C@H](Nc1nc(Cl)nc(N2CCN(C)CC2)c1F)c1ccc(F)cn1. The zero-order valence-electron chi connectivity index (χ0n) is 14.0. The Balaban J connectivity index is 1.82. The summed E-state index contributed by atoms with van der Waals surface area (Å²) in [5, 5.41) is 2.91. The second-order valence-electron chi connectivity index (χ2n) is 6.04. The highest BCUT2D eigenvalue weighted by atomic mass is 35.5. The monoisotopic (exact) mass is 368 g/mol. The average molecular weight is 369 g/mol. The van der Waals surface area contributed by atoms with Gasteiger partial charge in [0.25, 0.3) is 0 Å². The molecule has 2 aromatic heterocycles. The molecule has 134 valence electrons. The standard InChI is InChI=1S/C16H19ClF2N6/c1-10(12-4-3-11(18)9-20-12)21-14-13(19)15(23-16(17)22-14)25-7-5-24(2)6-8-25/h3-4,9-10H,5-8H2,1-2H3,(H,21,22,23)/t10-/m0/s1. The molecule has 0 bridgehead atoms. The first-order chi connectivity index (χ1) is 11.9. The van der Waals surface area contributed by atoms with Gasteiger partial charge in [-0.05, 0) is 37.7 Å². The number of hydrogen-bond acceptors (Lipinski definition) is 6. The normalized spacial score (nSPS) is 16.8. The Kier molecular flexibility index (Phi) is 5.29. The fourth-order valence-electron chi connectivity index (χ4n) is 2.65. The van der Waals surface area contributed by atoms with Gasteiger partial charge in [0, 0.05) is 26.2 Å². The summed E-state index contributed by atoms with van der Waals surface area (Å²) in [5.41, 5.74) is 0.566. The van der Waals surface area contributed by atoms with Gasteiger partial charge in [0.1, 0.15) is 5.82 Å². The quantitative estimate of drug-likeness (QED) is 0.837. The molecule has 3 rings (SSSR count). The third-order valence-electron chi connectivity index (χ3n) is 4.16. The fraction of sp³-hybridized carbons (Fsp3) is 0.438. The van der Waals surface area contributed by atoms with Gasteiger partial charge in [0.15, 0.2) is 11.6 Å². The van der Waals surface area contributed by atoms with Gasteiger partial charge in [-0.25, -0.2) is 4.39 Å². The van der Waals surface area contributed by atoms with Crippen molar-refractivity contribution in [1.29, 1.82) is 0 Å². The molecule has 9 heteroatoms. The van der Waals surface area contributed by atoms with E-state index >= 15 is 0 Å². The third-order valence-corrected chi connectivity index (χ3v) is 4.33. The Morgan fingerprint density at radius 3 is 2.52 bits per heavy atom. The zero-order valence-corrected chi connectivity index (χ0v) is 14.8. The van der Waals surface area contributed by atoms with Crippen molar-refractivity contribution in [2.24, 2.45) is 0 Å². The van der Waals surface area contributed by atoms with Crippen LogP contribution < -0.4 is 10.2 Å². The van der Waals surface area contributed by atoms with Crippen molar-refractivity contribution >= 4 is 23.2 Å². The summed E-state index contributed by atoms with van der Waals surface area (Å²) in [6, 6.07) is 2.47. The van der Waals surface area contributed by atoms with Crippen LogP contribution in [0.2, 0.25) is 5.28 Å². The van der Waals surface area contributed by atoms with Crippen molar-refractivity contribution < 1.29 is 8.78 Å². The molecule has 1 saturated heterocycles. The minimum atomic E-state index is -0.553. The average Bonchev–Trinajstić information content (AvgIpc) is 2.59. The van der Waals surface area contributed by atoms with E-state index in [0.717, 1.165) is 19.3 Å². The molecule has 1 aliphatic heterocycles. The highest BCUT2D eigenvalue weighted by Crippen LogP contribution is 2.27. The number of piperazine rings is 1. The minimum Gasteiger partial charge on any atom is -0.359 e. The van der Waals surface area contributed by atoms with Crippen molar-refractivity contribution in [3.8, 4) is 0 Å². The topological polar surface area (TPSA) is 57.2 Å². The third kappa shape index (κ3) is 4.13. The van der Waals surface area contributed by atoms with E-state index in [0.29, 0.717) is 18.8 Å². The van der Waals surface area contributed by atoms with Crippen molar-refractivity contribution in [2.75, 3.05) is 43.4 Å². The first-order valence-electron chi connectivity index (χ1n) is 7.98. The summed E-state index contributed by atoms with van der Waals surface area (Å²) < 4.78 is 27.9. The van der Waals surface area contributed by atoms with E-state index in [1.54, 1.807) is 6.92 Å². The lowest BCUT2D eigenvalue weighted by molar-refractivity contribution is 0.310. The van der Waals surface area contributed by atoms with Crippen molar-refractivity contribution in [3.63, 3.8) is 0 Å². The van der Waals surface area contributed by atoms with Crippen LogP contribution in [0.5, 0.6) is 0 Å². The fourth-order valence-corrected chi connectivity index (χ4v) is 2.82. The van der Waals surface area contributed by atoms with Crippen LogP contribution in [-0.2, 0) is 0 Å². The molecule has 2 aromatic rings. The molecule has 0 radical (unpaired) electrons. The number of anilines is 2. The summed E-state index contributed by atoms with van der Waals surface area (Å²) in [7, 11) is 2.02. The molecule has 3 heterocycles. The number of rotatable bonds is 4. The van der Waals surface area contributed by atoms with Crippen LogP contribution in [0.4, 0.5) is 20.4 Å². The number of likely N-dealkylation sites (N-methyl/N-ethyl adjacent to an activating group) is 1. The van der Waals surface area contributed by atoms with Gasteiger partial charge in [-0.1, -0.05) is 0 Å². The summed E-state index contributed by atoms with van der Waals surface area (Å²) in [6.07, 6.45) is 1.12. The number of hydrogen-bond donors (Lipinski definition) is 1. The van der Waals surface area contributed by atoms with Crippen LogP contribution in [0.15, 0.2) is 18.3 Å². The zero-order chi connectivity index (χ0) is 18.0. The van der Waals surface area contributed by atoms with Gasteiger partial charge in [-0.3, -0.25) is 4.98 Å². The molecule has 0 unspecified atom stereocenters. The molecule has 1 fully saturated rings. The summed E-state index contributed by atoms with van der Waals surface area (Å²) in [5.74, 6) is -0.783. The highest BCUT2D eigenvalue weighted by Gasteiger charge is 2.23. The Morgan fingerprint density at radius 2 is 1.88 bits per heavy atom. The number of pyridine rings is 1. The maximum absolute atomic E-state index is 14.9. The molecule has 25 heavy (non-hydrogen) atoms. The second-order valence-corrected chi connectivity index (χ2v) is 6.37. The van der Waals surface area contributed by atoms with E-state index in [2.05, 4.69) is 25.2 Å². The molecule has 6 nitrogen and oxygen atoms in total. The van der Waals surface area contributed by atoms with Gasteiger partial charge in [0.05, 0.1) is 17.9 Å².